The third kappa shape index (κ3) is 6.17. The molecule has 0 aliphatic heterocycles. The molecule has 0 aliphatic carbocycles. The lowest BCUT2D eigenvalue weighted by molar-refractivity contribution is -0.135. The number of hydrogen-bond donors (Lipinski definition) is 1. The predicted octanol–water partition coefficient (Wildman–Crippen LogP) is 4.26. The third-order valence-electron chi connectivity index (χ3n) is 2.98. The van der Waals surface area contributed by atoms with Gasteiger partial charge in [0.25, 0.3) is 0 Å². The minimum absolute atomic E-state index is 0.0566. The van der Waals surface area contributed by atoms with Gasteiger partial charge in [-0.15, -0.1) is 5.10 Å². The van der Waals surface area contributed by atoms with Crippen LogP contribution in [0, 0.1) is 0 Å². The first kappa shape index (κ1) is 17.4. The smallest absolute Gasteiger partial charge is 0.309 e. The summed E-state index contributed by atoms with van der Waals surface area (Å²) in [6.07, 6.45) is -1.46. The Labute approximate surface area is 122 Å². The molecule has 1 aromatic rings. The fourth-order valence-electron chi connectivity index (χ4n) is 2.04. The number of hydrogen-bond acceptors (Lipinski definition) is 4. The molecule has 0 aromatic carbocycles. The van der Waals surface area contributed by atoms with E-state index in [0.717, 1.165) is 36.4 Å². The molecule has 1 unspecified atom stereocenters. The van der Waals surface area contributed by atoms with Crippen LogP contribution in [0.25, 0.3) is 0 Å². The lowest BCUT2D eigenvalue weighted by Gasteiger charge is -2.18. The van der Waals surface area contributed by atoms with E-state index in [0.29, 0.717) is 6.42 Å². The first-order chi connectivity index (χ1) is 9.48. The first-order valence-electron chi connectivity index (χ1n) is 7.09. The number of nitrogens with zero attached hydrogens (tertiary/aromatic N) is 2. The average molecular weight is 309 g/mol. The van der Waals surface area contributed by atoms with Gasteiger partial charge in [-0.1, -0.05) is 24.8 Å². The minimum Gasteiger partial charge on any atom is -0.309 e. The van der Waals surface area contributed by atoms with Gasteiger partial charge in [-0.2, -0.15) is 13.2 Å². The topological polar surface area (TPSA) is 37.8 Å². The molecular formula is C13H22F3N3S. The highest BCUT2D eigenvalue weighted by Crippen LogP contribution is 2.29. The second kappa shape index (κ2) is 8.56. The number of aromatic nitrogens is 2. The molecule has 0 saturated heterocycles. The summed E-state index contributed by atoms with van der Waals surface area (Å²) >= 11 is 1.30. The Hall–Kier alpha value is -0.690. The summed E-state index contributed by atoms with van der Waals surface area (Å²) in [6, 6.07) is -0.0566. The summed E-state index contributed by atoms with van der Waals surface area (Å²) in [5.41, 5.74) is 0.929. The van der Waals surface area contributed by atoms with E-state index in [1.54, 1.807) is 0 Å². The second-order valence-electron chi connectivity index (χ2n) is 4.85. The molecule has 3 nitrogen and oxygen atoms in total. The lowest BCUT2D eigenvalue weighted by atomic mass is 10.0. The van der Waals surface area contributed by atoms with Crippen molar-refractivity contribution >= 4 is 11.5 Å². The molecule has 1 heterocycles. The van der Waals surface area contributed by atoms with E-state index in [2.05, 4.69) is 21.8 Å². The van der Waals surface area contributed by atoms with Gasteiger partial charge in [0.15, 0.2) is 0 Å². The van der Waals surface area contributed by atoms with E-state index in [4.69, 9.17) is 0 Å². The summed E-state index contributed by atoms with van der Waals surface area (Å²) < 4.78 is 40.7. The van der Waals surface area contributed by atoms with Crippen molar-refractivity contribution in [1.29, 1.82) is 0 Å². The van der Waals surface area contributed by atoms with Crippen molar-refractivity contribution in [3.05, 3.63) is 10.6 Å². The molecule has 7 heteroatoms. The fourth-order valence-corrected chi connectivity index (χ4v) is 2.85. The maximum absolute atomic E-state index is 12.3. The van der Waals surface area contributed by atoms with Crippen molar-refractivity contribution in [2.45, 2.75) is 64.6 Å². The van der Waals surface area contributed by atoms with E-state index < -0.39 is 12.6 Å². The van der Waals surface area contributed by atoms with Gasteiger partial charge in [0.05, 0.1) is 10.6 Å². The number of nitrogens with one attached hydrogen (secondary N) is 1. The van der Waals surface area contributed by atoms with Crippen molar-refractivity contribution in [2.75, 3.05) is 6.54 Å². The molecule has 0 saturated carbocycles. The molecule has 116 valence electrons. The molecule has 1 rings (SSSR count). The van der Waals surface area contributed by atoms with Crippen LogP contribution in [0.1, 0.15) is 62.6 Å². The molecule has 0 radical (unpaired) electrons. The molecule has 1 N–H and O–H groups in total. The molecular weight excluding hydrogens is 287 g/mol. The number of rotatable bonds is 9. The Morgan fingerprint density at radius 1 is 1.25 bits per heavy atom. The zero-order valence-corrected chi connectivity index (χ0v) is 12.8. The maximum Gasteiger partial charge on any atom is 0.389 e. The van der Waals surface area contributed by atoms with Crippen LogP contribution in [0.2, 0.25) is 0 Å². The van der Waals surface area contributed by atoms with Crippen molar-refractivity contribution < 1.29 is 13.2 Å². The van der Waals surface area contributed by atoms with E-state index >= 15 is 0 Å². The zero-order valence-electron chi connectivity index (χ0n) is 12.0. The average Bonchev–Trinajstić information content (AvgIpc) is 2.81. The zero-order chi connectivity index (χ0) is 15.0. The van der Waals surface area contributed by atoms with Gasteiger partial charge in [-0.25, -0.2) is 0 Å². The monoisotopic (exact) mass is 309 g/mol. The van der Waals surface area contributed by atoms with Crippen molar-refractivity contribution in [3.8, 4) is 0 Å². The highest BCUT2D eigenvalue weighted by molar-refractivity contribution is 7.05. The van der Waals surface area contributed by atoms with Gasteiger partial charge >= 0.3 is 6.18 Å². The Balaban J connectivity index is 2.65. The van der Waals surface area contributed by atoms with Crippen LogP contribution in [0.3, 0.4) is 0 Å². The Bertz CT molecular complexity index is 379. The van der Waals surface area contributed by atoms with Crippen LogP contribution >= 0.6 is 11.5 Å². The first-order valence-corrected chi connectivity index (χ1v) is 7.86. The van der Waals surface area contributed by atoms with E-state index in [1.807, 2.05) is 6.92 Å². The normalized spacial score (nSPS) is 13.7. The SMILES string of the molecule is CCCNC(CCCC(F)(F)F)c1snnc1CCC. The van der Waals surface area contributed by atoms with Gasteiger partial charge in [0, 0.05) is 12.5 Å². The maximum atomic E-state index is 12.3. The molecule has 0 fully saturated rings. The van der Waals surface area contributed by atoms with Gasteiger partial charge in [0.2, 0.25) is 0 Å². The summed E-state index contributed by atoms with van der Waals surface area (Å²) in [7, 11) is 0. The van der Waals surface area contributed by atoms with Gasteiger partial charge in [-0.3, -0.25) is 0 Å². The summed E-state index contributed by atoms with van der Waals surface area (Å²) in [4.78, 5) is 1.00. The largest absolute Gasteiger partial charge is 0.389 e. The summed E-state index contributed by atoms with van der Waals surface area (Å²) in [5.74, 6) is 0. The van der Waals surface area contributed by atoms with Gasteiger partial charge in [-0.05, 0) is 43.8 Å². The van der Waals surface area contributed by atoms with Crippen LogP contribution in [-0.2, 0) is 6.42 Å². The van der Waals surface area contributed by atoms with Gasteiger partial charge < -0.3 is 5.32 Å². The lowest BCUT2D eigenvalue weighted by Crippen LogP contribution is -2.23. The Morgan fingerprint density at radius 3 is 2.60 bits per heavy atom. The summed E-state index contributed by atoms with van der Waals surface area (Å²) in [6.45, 7) is 4.89. The van der Waals surface area contributed by atoms with E-state index in [-0.39, 0.29) is 12.5 Å². The quantitative estimate of drug-likeness (QED) is 0.740. The highest BCUT2D eigenvalue weighted by Gasteiger charge is 2.27. The number of halogens is 3. The molecule has 0 amide bonds. The fraction of sp³-hybridized carbons (Fsp3) is 0.846. The molecule has 20 heavy (non-hydrogen) atoms. The van der Waals surface area contributed by atoms with Crippen molar-refractivity contribution in [2.24, 2.45) is 0 Å². The minimum atomic E-state index is -4.08. The molecule has 1 atom stereocenters. The van der Waals surface area contributed by atoms with Crippen LogP contribution in [0.5, 0.6) is 0 Å². The number of aryl methyl sites for hydroxylation is 1. The van der Waals surface area contributed by atoms with E-state index in [1.165, 1.54) is 11.5 Å². The standard InChI is InChI=1S/C13H22F3N3S/c1-3-6-11-12(20-19-18-11)10(17-9-4-2)7-5-8-13(14,15)16/h10,17H,3-9H2,1-2H3. The molecule has 1 aromatic heterocycles. The van der Waals surface area contributed by atoms with Crippen LogP contribution < -0.4 is 5.32 Å². The Morgan fingerprint density at radius 2 is 2.00 bits per heavy atom. The van der Waals surface area contributed by atoms with Gasteiger partial charge in [0.1, 0.15) is 0 Å². The number of alkyl halides is 3. The van der Waals surface area contributed by atoms with Crippen molar-refractivity contribution in [1.82, 2.24) is 14.9 Å². The Kier molecular flexibility index (Phi) is 7.43. The van der Waals surface area contributed by atoms with Crippen LogP contribution in [0.4, 0.5) is 13.2 Å². The molecule has 0 bridgehead atoms. The molecule has 0 aliphatic rings. The highest BCUT2D eigenvalue weighted by atomic mass is 32.1. The second-order valence-corrected chi connectivity index (χ2v) is 5.63. The molecule has 0 spiro atoms. The van der Waals surface area contributed by atoms with Crippen molar-refractivity contribution in [3.63, 3.8) is 0 Å². The summed E-state index contributed by atoms with van der Waals surface area (Å²) in [5, 5.41) is 7.42. The van der Waals surface area contributed by atoms with E-state index in [9.17, 15) is 13.2 Å². The van der Waals surface area contributed by atoms with Crippen LogP contribution in [0.15, 0.2) is 0 Å². The third-order valence-corrected chi connectivity index (χ3v) is 3.86. The predicted molar refractivity (Wildman–Crippen MR) is 74.8 cm³/mol. The van der Waals surface area contributed by atoms with Crippen LogP contribution in [-0.4, -0.2) is 22.3 Å².